The fourth-order valence-electron chi connectivity index (χ4n) is 0.903. The van der Waals surface area contributed by atoms with Crippen LogP contribution in [0.1, 0.15) is 6.92 Å². The van der Waals surface area contributed by atoms with E-state index in [0.29, 0.717) is 5.96 Å². The van der Waals surface area contributed by atoms with Crippen molar-refractivity contribution in [2.75, 3.05) is 14.1 Å². The van der Waals surface area contributed by atoms with Crippen molar-refractivity contribution < 1.29 is 0 Å². The summed E-state index contributed by atoms with van der Waals surface area (Å²) in [5.74, 6) is 1.09. The van der Waals surface area contributed by atoms with Gasteiger partial charge in [-0.1, -0.05) is 0 Å². The molecule has 0 amide bonds. The van der Waals surface area contributed by atoms with E-state index in [-0.39, 0.29) is 6.17 Å². The predicted molar refractivity (Wildman–Crippen MR) is 45.3 cm³/mol. The molecule has 0 spiro atoms. The molecule has 1 aliphatic rings. The first kappa shape index (κ1) is 7.84. The molecule has 1 unspecified atom stereocenters. The quantitative estimate of drug-likeness (QED) is 0.479. The molecule has 0 bridgehead atoms. The maximum atomic E-state index is 5.45. The van der Waals surface area contributed by atoms with Gasteiger partial charge in [-0.3, -0.25) is 0 Å². The number of guanidine groups is 2. The van der Waals surface area contributed by atoms with Crippen molar-refractivity contribution in [1.29, 1.82) is 0 Å². The third-order valence-electron chi connectivity index (χ3n) is 1.66. The molecule has 0 aromatic carbocycles. The summed E-state index contributed by atoms with van der Waals surface area (Å²) in [6.45, 7) is 1.96. The number of nitrogens with two attached hydrogens (primary N) is 1. The van der Waals surface area contributed by atoms with Crippen LogP contribution in [0.25, 0.3) is 0 Å². The first-order chi connectivity index (χ1) is 5.15. The van der Waals surface area contributed by atoms with Crippen LogP contribution >= 0.6 is 0 Å². The molecule has 5 heteroatoms. The standard InChI is InChI=1S/C6H13N5/c1-4-9-5(7)10-6(8-2)11(4)3/h4H,1-3H3,(H3,7,8,9,10). The third kappa shape index (κ3) is 1.42. The van der Waals surface area contributed by atoms with Crippen LogP contribution in [-0.2, 0) is 0 Å². The Morgan fingerprint density at radius 2 is 2.27 bits per heavy atom. The largest absolute Gasteiger partial charge is 0.368 e. The number of hydrogen-bond acceptors (Lipinski definition) is 5. The van der Waals surface area contributed by atoms with Crippen molar-refractivity contribution in [3.8, 4) is 0 Å². The van der Waals surface area contributed by atoms with E-state index in [1.807, 2.05) is 18.9 Å². The van der Waals surface area contributed by atoms with Crippen LogP contribution in [0.2, 0.25) is 0 Å². The Kier molecular flexibility index (Phi) is 1.98. The van der Waals surface area contributed by atoms with E-state index in [1.165, 1.54) is 0 Å². The highest BCUT2D eigenvalue weighted by atomic mass is 15.4. The van der Waals surface area contributed by atoms with Crippen molar-refractivity contribution in [3.05, 3.63) is 0 Å². The summed E-state index contributed by atoms with van der Waals surface area (Å²) in [7, 11) is 3.72. The molecule has 62 valence electrons. The fourth-order valence-corrected chi connectivity index (χ4v) is 0.903. The maximum absolute atomic E-state index is 5.45. The summed E-state index contributed by atoms with van der Waals surface area (Å²) in [5, 5.41) is 2.93. The van der Waals surface area contributed by atoms with E-state index in [0.717, 1.165) is 5.96 Å². The minimum atomic E-state index is 0.0648. The van der Waals surface area contributed by atoms with Crippen molar-refractivity contribution in [3.63, 3.8) is 0 Å². The Labute approximate surface area is 66.0 Å². The Morgan fingerprint density at radius 3 is 2.82 bits per heavy atom. The Balaban J connectivity index is 2.84. The van der Waals surface area contributed by atoms with E-state index in [1.54, 1.807) is 7.05 Å². The molecule has 0 saturated heterocycles. The van der Waals surface area contributed by atoms with Gasteiger partial charge in [0.25, 0.3) is 0 Å². The molecule has 3 N–H and O–H groups in total. The molecule has 0 aromatic heterocycles. The molecule has 1 atom stereocenters. The van der Waals surface area contributed by atoms with Crippen LogP contribution in [0, 0.1) is 0 Å². The minimum Gasteiger partial charge on any atom is -0.368 e. The van der Waals surface area contributed by atoms with Gasteiger partial charge >= 0.3 is 0 Å². The molecule has 0 saturated carbocycles. The number of aliphatic imine (C=N–C) groups is 2. The second-order valence-corrected chi connectivity index (χ2v) is 2.42. The van der Waals surface area contributed by atoms with E-state index in [4.69, 9.17) is 5.73 Å². The summed E-state index contributed by atoms with van der Waals surface area (Å²) in [6, 6.07) is 0. The van der Waals surface area contributed by atoms with E-state index >= 15 is 0 Å². The van der Waals surface area contributed by atoms with Gasteiger partial charge in [-0.25, -0.2) is 4.99 Å². The summed E-state index contributed by atoms with van der Waals surface area (Å²) in [4.78, 5) is 9.96. The van der Waals surface area contributed by atoms with E-state index < -0.39 is 0 Å². The maximum Gasteiger partial charge on any atom is 0.220 e. The molecular weight excluding hydrogens is 142 g/mol. The van der Waals surface area contributed by atoms with Gasteiger partial charge in [-0.05, 0) is 6.92 Å². The second-order valence-electron chi connectivity index (χ2n) is 2.42. The fraction of sp³-hybridized carbons (Fsp3) is 0.667. The van der Waals surface area contributed by atoms with Crippen LogP contribution in [0.5, 0.6) is 0 Å². The minimum absolute atomic E-state index is 0.0648. The lowest BCUT2D eigenvalue weighted by molar-refractivity contribution is 0.385. The van der Waals surface area contributed by atoms with Gasteiger partial charge in [0.1, 0.15) is 6.17 Å². The molecule has 1 heterocycles. The van der Waals surface area contributed by atoms with Gasteiger partial charge < -0.3 is 16.0 Å². The van der Waals surface area contributed by atoms with Gasteiger partial charge in [0.15, 0.2) is 0 Å². The zero-order valence-electron chi connectivity index (χ0n) is 7.00. The van der Waals surface area contributed by atoms with Crippen LogP contribution in [0.15, 0.2) is 9.98 Å². The second kappa shape index (κ2) is 2.77. The summed E-state index contributed by atoms with van der Waals surface area (Å²) in [6.07, 6.45) is 0.0648. The lowest BCUT2D eigenvalue weighted by Crippen LogP contribution is -2.45. The van der Waals surface area contributed by atoms with Crippen LogP contribution < -0.4 is 11.1 Å². The van der Waals surface area contributed by atoms with Crippen molar-refractivity contribution in [2.45, 2.75) is 13.1 Å². The number of hydrogen-bond donors (Lipinski definition) is 2. The number of rotatable bonds is 0. The van der Waals surface area contributed by atoms with Gasteiger partial charge in [-0.2, -0.15) is 4.99 Å². The molecule has 1 rings (SSSR count). The zero-order valence-corrected chi connectivity index (χ0v) is 7.00. The Hall–Kier alpha value is -1.26. The topological polar surface area (TPSA) is 66.0 Å². The summed E-state index contributed by atoms with van der Waals surface area (Å²) < 4.78 is 0. The average molecular weight is 155 g/mol. The van der Waals surface area contributed by atoms with Gasteiger partial charge in [-0.15, -0.1) is 0 Å². The monoisotopic (exact) mass is 155 g/mol. The van der Waals surface area contributed by atoms with Crippen molar-refractivity contribution >= 4 is 11.9 Å². The van der Waals surface area contributed by atoms with Crippen LogP contribution in [0.4, 0.5) is 0 Å². The number of nitrogens with zero attached hydrogens (tertiary/aromatic N) is 3. The third-order valence-corrected chi connectivity index (χ3v) is 1.66. The molecule has 11 heavy (non-hydrogen) atoms. The lowest BCUT2D eigenvalue weighted by Gasteiger charge is -2.27. The average Bonchev–Trinajstić information content (AvgIpc) is 1.96. The van der Waals surface area contributed by atoms with Gasteiger partial charge in [0, 0.05) is 14.1 Å². The van der Waals surface area contributed by atoms with E-state index in [9.17, 15) is 0 Å². The first-order valence-corrected chi connectivity index (χ1v) is 3.47. The molecule has 1 aliphatic heterocycles. The van der Waals surface area contributed by atoms with E-state index in [2.05, 4.69) is 15.3 Å². The first-order valence-electron chi connectivity index (χ1n) is 3.47. The zero-order chi connectivity index (χ0) is 8.43. The molecule has 0 fully saturated rings. The predicted octanol–water partition coefficient (Wildman–Crippen LogP) is -0.832. The van der Waals surface area contributed by atoms with Crippen molar-refractivity contribution in [1.82, 2.24) is 10.2 Å². The molecule has 5 nitrogen and oxygen atoms in total. The summed E-state index contributed by atoms with van der Waals surface area (Å²) in [5.41, 5.74) is 5.45. The molecule has 0 aromatic rings. The van der Waals surface area contributed by atoms with Crippen LogP contribution in [0.3, 0.4) is 0 Å². The number of nitrogens with one attached hydrogen (secondary N) is 1. The molecular formula is C6H13N5. The summed E-state index contributed by atoms with van der Waals surface area (Å²) >= 11 is 0. The lowest BCUT2D eigenvalue weighted by atomic mass is 10.5. The van der Waals surface area contributed by atoms with Crippen LogP contribution in [-0.4, -0.2) is 37.1 Å². The molecule has 0 radical (unpaired) electrons. The smallest absolute Gasteiger partial charge is 0.220 e. The normalized spacial score (nSPS) is 24.3. The Morgan fingerprint density at radius 1 is 1.64 bits per heavy atom. The molecule has 0 aliphatic carbocycles. The highest BCUT2D eigenvalue weighted by Gasteiger charge is 2.16. The Bertz CT molecular complexity index is 207. The SMILES string of the molecule is CNC1=NC(N)=NC(C)N1C. The van der Waals surface area contributed by atoms with Gasteiger partial charge in [0.2, 0.25) is 11.9 Å². The van der Waals surface area contributed by atoms with Gasteiger partial charge in [0.05, 0.1) is 0 Å². The van der Waals surface area contributed by atoms with Crippen molar-refractivity contribution in [2.24, 2.45) is 15.7 Å². The highest BCUT2D eigenvalue weighted by molar-refractivity contribution is 5.95. The highest BCUT2D eigenvalue weighted by Crippen LogP contribution is 2.02.